The molecule has 7 nitrogen and oxygen atoms in total. The van der Waals surface area contributed by atoms with Crippen molar-refractivity contribution >= 4 is 11.6 Å². The predicted octanol–water partition coefficient (Wildman–Crippen LogP) is 1.91. The molecular formula is C16H15N5O2. The summed E-state index contributed by atoms with van der Waals surface area (Å²) >= 11 is 0. The van der Waals surface area contributed by atoms with Crippen molar-refractivity contribution < 1.29 is 9.53 Å². The number of benzene rings is 2. The minimum absolute atomic E-state index is 0.228. The maximum atomic E-state index is 12.7. The number of amides is 1. The highest BCUT2D eigenvalue weighted by atomic mass is 16.5. The number of nitrogens with zero attached hydrogens (tertiary/aromatic N) is 4. The van der Waals surface area contributed by atoms with Crippen LogP contribution in [0.2, 0.25) is 0 Å². The molecule has 1 amide bonds. The second-order valence-electron chi connectivity index (χ2n) is 4.82. The van der Waals surface area contributed by atoms with Crippen molar-refractivity contribution in [3.63, 3.8) is 0 Å². The van der Waals surface area contributed by atoms with E-state index in [0.717, 1.165) is 11.3 Å². The molecule has 116 valence electrons. The molecule has 3 rings (SSSR count). The number of aromatic nitrogens is 4. The first-order valence-corrected chi connectivity index (χ1v) is 7.00. The normalized spacial score (nSPS) is 11.7. The van der Waals surface area contributed by atoms with Crippen LogP contribution in [-0.2, 0) is 4.79 Å². The minimum atomic E-state index is -0.645. The van der Waals surface area contributed by atoms with Crippen molar-refractivity contribution in [3.8, 4) is 5.75 Å². The zero-order valence-electron chi connectivity index (χ0n) is 12.5. The molecule has 0 fully saturated rings. The molecule has 1 atom stereocenters. The number of ether oxygens (including phenoxy) is 1. The lowest BCUT2D eigenvalue weighted by Gasteiger charge is -2.16. The van der Waals surface area contributed by atoms with Crippen LogP contribution >= 0.6 is 0 Å². The molecule has 0 aliphatic rings. The minimum Gasteiger partial charge on any atom is -0.497 e. The summed E-state index contributed by atoms with van der Waals surface area (Å²) in [7, 11) is 1.59. The fraction of sp³-hybridized carbons (Fsp3) is 0.125. The Balaban J connectivity index is 1.86. The van der Waals surface area contributed by atoms with Gasteiger partial charge in [-0.15, -0.1) is 5.10 Å². The number of methoxy groups -OCH3 is 1. The highest BCUT2D eigenvalue weighted by molar-refractivity contribution is 5.95. The monoisotopic (exact) mass is 309 g/mol. The second kappa shape index (κ2) is 6.69. The SMILES string of the molecule is COc1ccc(NC(=O)C(c2ccccc2)n2cnnn2)cc1. The van der Waals surface area contributed by atoms with E-state index >= 15 is 0 Å². The molecule has 0 aliphatic heterocycles. The Morgan fingerprint density at radius 1 is 1.13 bits per heavy atom. The van der Waals surface area contributed by atoms with E-state index < -0.39 is 6.04 Å². The average Bonchev–Trinajstić information content (AvgIpc) is 3.11. The molecule has 3 aromatic rings. The third kappa shape index (κ3) is 3.34. The number of tetrazole rings is 1. The number of carbonyl (C=O) groups is 1. The zero-order valence-corrected chi connectivity index (χ0v) is 12.5. The fourth-order valence-corrected chi connectivity index (χ4v) is 2.23. The van der Waals surface area contributed by atoms with E-state index in [1.807, 2.05) is 30.3 Å². The molecule has 1 unspecified atom stereocenters. The molecular weight excluding hydrogens is 294 g/mol. The van der Waals surface area contributed by atoms with Gasteiger partial charge in [-0.3, -0.25) is 4.79 Å². The third-order valence-electron chi connectivity index (χ3n) is 3.35. The largest absolute Gasteiger partial charge is 0.497 e. The van der Waals surface area contributed by atoms with Gasteiger partial charge in [-0.2, -0.15) is 0 Å². The first kappa shape index (κ1) is 14.7. The lowest BCUT2D eigenvalue weighted by Crippen LogP contribution is -2.27. The molecule has 1 aromatic heterocycles. The van der Waals surface area contributed by atoms with Crippen molar-refractivity contribution in [1.29, 1.82) is 0 Å². The number of hydrogen-bond donors (Lipinski definition) is 1. The van der Waals surface area contributed by atoms with E-state index in [1.165, 1.54) is 11.0 Å². The summed E-state index contributed by atoms with van der Waals surface area (Å²) in [5.41, 5.74) is 1.47. The van der Waals surface area contributed by atoms with E-state index in [4.69, 9.17) is 4.74 Å². The summed E-state index contributed by atoms with van der Waals surface area (Å²) in [6.07, 6.45) is 1.42. The van der Waals surface area contributed by atoms with Crippen LogP contribution in [0.5, 0.6) is 5.75 Å². The molecule has 1 N–H and O–H groups in total. The van der Waals surface area contributed by atoms with Gasteiger partial charge in [0.15, 0.2) is 6.04 Å². The number of carbonyl (C=O) groups excluding carboxylic acids is 1. The standard InChI is InChI=1S/C16H15N5O2/c1-23-14-9-7-13(8-10-14)18-16(22)15(21-11-17-19-20-21)12-5-3-2-4-6-12/h2-11,15H,1H3,(H,18,22). The summed E-state index contributed by atoms with van der Waals surface area (Å²) in [5.74, 6) is 0.497. The molecule has 2 aromatic carbocycles. The Hall–Kier alpha value is -3.22. The van der Waals surface area contributed by atoms with Gasteiger partial charge in [0.1, 0.15) is 12.1 Å². The van der Waals surface area contributed by atoms with Crippen molar-refractivity contribution in [3.05, 3.63) is 66.5 Å². The summed E-state index contributed by atoms with van der Waals surface area (Å²) in [6, 6.07) is 15.8. The van der Waals surface area contributed by atoms with Gasteiger partial charge < -0.3 is 10.1 Å². The van der Waals surface area contributed by atoms with Crippen LogP contribution in [0.3, 0.4) is 0 Å². The Morgan fingerprint density at radius 2 is 1.87 bits per heavy atom. The Bertz CT molecular complexity index is 757. The van der Waals surface area contributed by atoms with Crippen LogP contribution in [0.1, 0.15) is 11.6 Å². The van der Waals surface area contributed by atoms with Gasteiger partial charge in [-0.1, -0.05) is 30.3 Å². The Labute approximate surface area is 132 Å². The summed E-state index contributed by atoms with van der Waals surface area (Å²) < 4.78 is 6.53. The van der Waals surface area contributed by atoms with Gasteiger partial charge in [0.25, 0.3) is 5.91 Å². The highest BCUT2D eigenvalue weighted by Crippen LogP contribution is 2.20. The fourth-order valence-electron chi connectivity index (χ4n) is 2.23. The van der Waals surface area contributed by atoms with Crippen LogP contribution in [0.25, 0.3) is 0 Å². The van der Waals surface area contributed by atoms with E-state index in [9.17, 15) is 4.79 Å². The van der Waals surface area contributed by atoms with E-state index in [2.05, 4.69) is 20.8 Å². The maximum absolute atomic E-state index is 12.7. The Kier molecular flexibility index (Phi) is 4.28. The average molecular weight is 309 g/mol. The van der Waals surface area contributed by atoms with Crippen molar-refractivity contribution in [2.75, 3.05) is 12.4 Å². The quantitative estimate of drug-likeness (QED) is 0.778. The van der Waals surface area contributed by atoms with Crippen LogP contribution in [-0.4, -0.2) is 33.2 Å². The molecule has 0 spiro atoms. The van der Waals surface area contributed by atoms with Crippen LogP contribution in [0.4, 0.5) is 5.69 Å². The molecule has 0 radical (unpaired) electrons. The number of anilines is 1. The third-order valence-corrected chi connectivity index (χ3v) is 3.35. The molecule has 23 heavy (non-hydrogen) atoms. The smallest absolute Gasteiger partial charge is 0.253 e. The van der Waals surface area contributed by atoms with Gasteiger partial charge >= 0.3 is 0 Å². The van der Waals surface area contributed by atoms with Crippen LogP contribution < -0.4 is 10.1 Å². The van der Waals surface area contributed by atoms with Gasteiger partial charge in [0.05, 0.1) is 7.11 Å². The van der Waals surface area contributed by atoms with Gasteiger partial charge in [-0.25, -0.2) is 4.68 Å². The summed E-state index contributed by atoms with van der Waals surface area (Å²) in [6.45, 7) is 0. The lowest BCUT2D eigenvalue weighted by atomic mass is 10.1. The molecule has 1 heterocycles. The first-order chi connectivity index (χ1) is 11.3. The molecule has 0 saturated heterocycles. The number of hydrogen-bond acceptors (Lipinski definition) is 5. The first-order valence-electron chi connectivity index (χ1n) is 7.00. The number of nitrogens with one attached hydrogen (secondary N) is 1. The molecule has 0 aliphatic carbocycles. The van der Waals surface area contributed by atoms with Crippen LogP contribution in [0.15, 0.2) is 60.9 Å². The summed E-state index contributed by atoms with van der Waals surface area (Å²) in [4.78, 5) is 12.7. The second-order valence-corrected chi connectivity index (χ2v) is 4.82. The number of rotatable bonds is 5. The van der Waals surface area contributed by atoms with E-state index in [1.54, 1.807) is 31.4 Å². The molecule has 0 saturated carbocycles. The summed E-state index contributed by atoms with van der Waals surface area (Å²) in [5, 5.41) is 14.0. The highest BCUT2D eigenvalue weighted by Gasteiger charge is 2.23. The van der Waals surface area contributed by atoms with Gasteiger partial charge in [0, 0.05) is 5.69 Å². The lowest BCUT2D eigenvalue weighted by molar-refractivity contribution is -0.118. The van der Waals surface area contributed by atoms with E-state index in [0.29, 0.717) is 5.69 Å². The predicted molar refractivity (Wildman–Crippen MR) is 84.0 cm³/mol. The van der Waals surface area contributed by atoms with Gasteiger partial charge in [-0.05, 0) is 40.3 Å². The van der Waals surface area contributed by atoms with Gasteiger partial charge in [0.2, 0.25) is 0 Å². The van der Waals surface area contributed by atoms with Crippen molar-refractivity contribution in [2.24, 2.45) is 0 Å². The molecule has 0 bridgehead atoms. The maximum Gasteiger partial charge on any atom is 0.253 e. The van der Waals surface area contributed by atoms with Crippen molar-refractivity contribution in [1.82, 2.24) is 20.2 Å². The molecule has 7 heteroatoms. The topological polar surface area (TPSA) is 81.9 Å². The van der Waals surface area contributed by atoms with Crippen molar-refractivity contribution in [2.45, 2.75) is 6.04 Å². The van der Waals surface area contributed by atoms with Crippen LogP contribution in [0, 0.1) is 0 Å². The van der Waals surface area contributed by atoms with E-state index in [-0.39, 0.29) is 5.91 Å². The Morgan fingerprint density at radius 3 is 2.48 bits per heavy atom. The zero-order chi connectivity index (χ0) is 16.1.